The van der Waals surface area contributed by atoms with Gasteiger partial charge in [-0.25, -0.2) is 4.98 Å². The Morgan fingerprint density at radius 2 is 2.11 bits per heavy atom. The Morgan fingerprint density at radius 3 is 2.68 bits per heavy atom. The zero-order valence-corrected chi connectivity index (χ0v) is 12.4. The number of aliphatic hydroxyl groups is 1. The van der Waals surface area contributed by atoms with Crippen molar-refractivity contribution in [3.63, 3.8) is 0 Å². The molecule has 0 fully saturated rings. The molecular formula is C14H21ClN2O2. The Balaban J connectivity index is 2.76. The highest BCUT2D eigenvalue weighted by Gasteiger charge is 2.13. The van der Waals surface area contributed by atoms with Crippen molar-refractivity contribution in [1.82, 2.24) is 10.3 Å². The fraction of sp³-hybridized carbons (Fsp3) is 0.571. The number of nitrogens with one attached hydrogen (secondary N) is 1. The van der Waals surface area contributed by atoms with Gasteiger partial charge in [-0.2, -0.15) is 0 Å². The van der Waals surface area contributed by atoms with E-state index in [0.29, 0.717) is 17.1 Å². The van der Waals surface area contributed by atoms with Crippen LogP contribution >= 0.6 is 11.6 Å². The summed E-state index contributed by atoms with van der Waals surface area (Å²) < 4.78 is 0. The Labute approximate surface area is 119 Å². The van der Waals surface area contributed by atoms with E-state index < -0.39 is 0 Å². The average Bonchev–Trinajstić information content (AvgIpc) is 2.35. The average molecular weight is 285 g/mol. The number of nitrogens with zero attached hydrogens (tertiary/aromatic N) is 1. The minimum atomic E-state index is -0.156. The highest BCUT2D eigenvalue weighted by molar-refractivity contribution is 6.29. The van der Waals surface area contributed by atoms with Crippen LogP contribution in [-0.4, -0.2) is 28.6 Å². The van der Waals surface area contributed by atoms with Gasteiger partial charge in [0.15, 0.2) is 0 Å². The molecular weight excluding hydrogens is 264 g/mol. The largest absolute Gasteiger partial charge is 0.396 e. The summed E-state index contributed by atoms with van der Waals surface area (Å²) in [4.78, 5) is 16.3. The molecule has 0 saturated heterocycles. The Hall–Kier alpha value is -1.13. The number of hydrogen-bond donors (Lipinski definition) is 2. The second-order valence-corrected chi connectivity index (χ2v) is 5.39. The molecule has 1 amide bonds. The lowest BCUT2D eigenvalue weighted by Gasteiger charge is -2.14. The Bertz CT molecular complexity index is 435. The lowest BCUT2D eigenvalue weighted by Crippen LogP contribution is -2.32. The number of rotatable bonds is 6. The maximum atomic E-state index is 12.1. The van der Waals surface area contributed by atoms with E-state index in [9.17, 15) is 4.79 Å². The molecule has 19 heavy (non-hydrogen) atoms. The summed E-state index contributed by atoms with van der Waals surface area (Å²) in [6, 6.07) is 3.36. The van der Waals surface area contributed by atoms with Gasteiger partial charge in [0.05, 0.1) is 0 Å². The predicted molar refractivity (Wildman–Crippen MR) is 76.6 cm³/mol. The molecule has 1 heterocycles. The fourth-order valence-electron chi connectivity index (χ4n) is 1.72. The van der Waals surface area contributed by atoms with E-state index in [1.807, 2.05) is 20.8 Å². The summed E-state index contributed by atoms with van der Waals surface area (Å²) in [5.41, 5.74) is 1.33. The molecule has 0 aliphatic rings. The van der Waals surface area contributed by atoms with Crippen molar-refractivity contribution in [1.29, 1.82) is 0 Å². The van der Waals surface area contributed by atoms with E-state index in [2.05, 4.69) is 10.3 Å². The number of aromatic nitrogens is 1. The van der Waals surface area contributed by atoms with Gasteiger partial charge in [0.25, 0.3) is 5.91 Å². The molecule has 0 bridgehead atoms. The SMILES string of the molecule is CC(CCCO)NC(=O)c1cc(Cl)nc(C(C)C)c1. The van der Waals surface area contributed by atoms with Crippen molar-refractivity contribution in [3.8, 4) is 0 Å². The molecule has 1 aromatic heterocycles. The van der Waals surface area contributed by atoms with Gasteiger partial charge in [-0.15, -0.1) is 0 Å². The molecule has 1 aromatic rings. The van der Waals surface area contributed by atoms with Gasteiger partial charge in [-0.1, -0.05) is 25.4 Å². The summed E-state index contributed by atoms with van der Waals surface area (Å²) in [5, 5.41) is 12.0. The molecule has 0 aliphatic heterocycles. The normalized spacial score (nSPS) is 12.5. The summed E-state index contributed by atoms with van der Waals surface area (Å²) in [6.07, 6.45) is 1.42. The zero-order valence-electron chi connectivity index (χ0n) is 11.6. The van der Waals surface area contributed by atoms with Crippen LogP contribution in [0.3, 0.4) is 0 Å². The molecule has 0 aromatic carbocycles. The first-order valence-corrected chi connectivity index (χ1v) is 6.91. The van der Waals surface area contributed by atoms with Gasteiger partial charge < -0.3 is 10.4 Å². The van der Waals surface area contributed by atoms with Crippen molar-refractivity contribution < 1.29 is 9.90 Å². The first kappa shape index (κ1) is 15.9. The summed E-state index contributed by atoms with van der Waals surface area (Å²) in [5.74, 6) is 0.0636. The molecule has 0 spiro atoms. The number of amides is 1. The molecule has 0 aliphatic carbocycles. The first-order chi connectivity index (χ1) is 8.93. The maximum absolute atomic E-state index is 12.1. The van der Waals surface area contributed by atoms with E-state index in [0.717, 1.165) is 12.1 Å². The highest BCUT2D eigenvalue weighted by atomic mass is 35.5. The lowest BCUT2D eigenvalue weighted by molar-refractivity contribution is 0.0936. The number of carbonyl (C=O) groups is 1. The third-order valence-corrected chi connectivity index (χ3v) is 3.03. The molecule has 1 rings (SSSR count). The molecule has 106 valence electrons. The predicted octanol–water partition coefficient (Wildman–Crippen LogP) is 2.75. The first-order valence-electron chi connectivity index (χ1n) is 6.53. The van der Waals surface area contributed by atoms with Crippen LogP contribution in [-0.2, 0) is 0 Å². The third kappa shape index (κ3) is 5.17. The van der Waals surface area contributed by atoms with Crippen molar-refractivity contribution in [3.05, 3.63) is 28.5 Å². The van der Waals surface area contributed by atoms with Crippen molar-refractivity contribution in [2.45, 2.75) is 45.6 Å². The van der Waals surface area contributed by atoms with Crippen LogP contribution in [0, 0.1) is 0 Å². The number of hydrogen-bond acceptors (Lipinski definition) is 3. The second-order valence-electron chi connectivity index (χ2n) is 5.00. The molecule has 0 saturated carbocycles. The molecule has 1 unspecified atom stereocenters. The molecule has 4 nitrogen and oxygen atoms in total. The summed E-state index contributed by atoms with van der Waals surface area (Å²) >= 11 is 5.93. The van der Waals surface area contributed by atoms with Crippen LogP contribution in [0.15, 0.2) is 12.1 Å². The highest BCUT2D eigenvalue weighted by Crippen LogP contribution is 2.17. The van der Waals surface area contributed by atoms with E-state index in [1.165, 1.54) is 0 Å². The number of carbonyl (C=O) groups excluding carboxylic acids is 1. The van der Waals surface area contributed by atoms with Crippen LogP contribution in [0.5, 0.6) is 0 Å². The molecule has 2 N–H and O–H groups in total. The Morgan fingerprint density at radius 1 is 1.42 bits per heavy atom. The minimum absolute atomic E-state index is 0.0223. The quantitative estimate of drug-likeness (QED) is 0.790. The zero-order chi connectivity index (χ0) is 14.4. The van der Waals surface area contributed by atoms with Gasteiger partial charge in [-0.05, 0) is 37.8 Å². The monoisotopic (exact) mass is 284 g/mol. The van der Waals surface area contributed by atoms with E-state index in [4.69, 9.17) is 16.7 Å². The van der Waals surface area contributed by atoms with Crippen LogP contribution in [0.2, 0.25) is 5.15 Å². The van der Waals surface area contributed by atoms with Crippen LogP contribution in [0.25, 0.3) is 0 Å². The van der Waals surface area contributed by atoms with Crippen LogP contribution in [0.1, 0.15) is 55.6 Å². The minimum Gasteiger partial charge on any atom is -0.396 e. The van der Waals surface area contributed by atoms with Crippen LogP contribution < -0.4 is 5.32 Å². The molecule has 1 atom stereocenters. The summed E-state index contributed by atoms with van der Waals surface area (Å²) in [6.45, 7) is 6.06. The number of aliphatic hydroxyl groups excluding tert-OH is 1. The maximum Gasteiger partial charge on any atom is 0.251 e. The van der Waals surface area contributed by atoms with Gasteiger partial charge in [0.2, 0.25) is 0 Å². The van der Waals surface area contributed by atoms with Crippen molar-refractivity contribution in [2.75, 3.05) is 6.61 Å². The van der Waals surface area contributed by atoms with Gasteiger partial charge in [0.1, 0.15) is 5.15 Å². The van der Waals surface area contributed by atoms with Gasteiger partial charge >= 0.3 is 0 Å². The topological polar surface area (TPSA) is 62.2 Å². The Kier molecular flexibility index (Phi) is 6.25. The fourth-order valence-corrected chi connectivity index (χ4v) is 1.94. The van der Waals surface area contributed by atoms with Gasteiger partial charge in [0, 0.05) is 23.9 Å². The van der Waals surface area contributed by atoms with Crippen molar-refractivity contribution in [2.24, 2.45) is 0 Å². The standard InChI is InChI=1S/C14H21ClN2O2/c1-9(2)12-7-11(8-13(15)17-12)14(19)16-10(3)5-4-6-18/h7-10,18H,4-6H2,1-3H3,(H,16,19). The molecule has 5 heteroatoms. The van der Waals surface area contributed by atoms with Gasteiger partial charge in [-0.3, -0.25) is 4.79 Å². The van der Waals surface area contributed by atoms with E-state index >= 15 is 0 Å². The molecule has 0 radical (unpaired) electrons. The number of pyridine rings is 1. The van der Waals surface area contributed by atoms with Crippen molar-refractivity contribution >= 4 is 17.5 Å². The number of halogens is 1. The van der Waals surface area contributed by atoms with E-state index in [1.54, 1.807) is 12.1 Å². The van der Waals surface area contributed by atoms with Crippen LogP contribution in [0.4, 0.5) is 0 Å². The lowest BCUT2D eigenvalue weighted by atomic mass is 10.1. The smallest absolute Gasteiger partial charge is 0.251 e. The summed E-state index contributed by atoms with van der Waals surface area (Å²) in [7, 11) is 0. The second kappa shape index (κ2) is 7.46. The third-order valence-electron chi connectivity index (χ3n) is 2.84. The van der Waals surface area contributed by atoms with E-state index in [-0.39, 0.29) is 24.5 Å².